The summed E-state index contributed by atoms with van der Waals surface area (Å²) in [6.07, 6.45) is 3.48. The molecule has 0 bridgehead atoms. The van der Waals surface area contributed by atoms with Crippen LogP contribution < -0.4 is 15.5 Å². The summed E-state index contributed by atoms with van der Waals surface area (Å²) in [7, 11) is 2.13. The molecule has 0 spiro atoms. The molecule has 1 aliphatic carbocycles. The predicted octanol–water partition coefficient (Wildman–Crippen LogP) is 1.76. The fraction of sp³-hybridized carbons (Fsp3) is 0.458. The average molecular weight is 488 g/mol. The number of fused-ring (bicyclic) bond motifs is 1. The SMILES string of the molecule is CN1CCN(C2CN(c3cc(C#N)cc(Nc4nc(NC5CC5)c5ncc(C#N)n5n4)c3F)C2)CC1. The van der Waals surface area contributed by atoms with Gasteiger partial charge in [0, 0.05) is 51.4 Å². The molecule has 0 amide bonds. The Hall–Kier alpha value is -4.00. The Morgan fingerprint density at radius 2 is 1.86 bits per heavy atom. The molecular formula is C24H26FN11. The van der Waals surface area contributed by atoms with E-state index in [4.69, 9.17) is 0 Å². The van der Waals surface area contributed by atoms with Gasteiger partial charge in [-0.3, -0.25) is 4.90 Å². The summed E-state index contributed by atoms with van der Waals surface area (Å²) >= 11 is 0. The van der Waals surface area contributed by atoms with E-state index < -0.39 is 5.82 Å². The third-order valence-electron chi connectivity index (χ3n) is 7.08. The van der Waals surface area contributed by atoms with E-state index in [2.05, 4.69) is 54.7 Å². The maximum atomic E-state index is 15.7. The summed E-state index contributed by atoms with van der Waals surface area (Å²) in [5.41, 5.74) is 1.53. The van der Waals surface area contributed by atoms with Gasteiger partial charge in [-0.15, -0.1) is 5.10 Å². The Labute approximate surface area is 207 Å². The van der Waals surface area contributed by atoms with Crippen LogP contribution >= 0.6 is 0 Å². The summed E-state index contributed by atoms with van der Waals surface area (Å²) in [4.78, 5) is 15.5. The zero-order chi connectivity index (χ0) is 24.8. The minimum Gasteiger partial charge on any atom is -0.366 e. The number of benzene rings is 1. The molecule has 2 aliphatic heterocycles. The Morgan fingerprint density at radius 3 is 2.56 bits per heavy atom. The van der Waals surface area contributed by atoms with Crippen LogP contribution in [0, 0.1) is 28.5 Å². The summed E-state index contributed by atoms with van der Waals surface area (Å²) in [6.45, 7) is 5.53. The van der Waals surface area contributed by atoms with Crippen molar-refractivity contribution in [1.29, 1.82) is 10.5 Å². The van der Waals surface area contributed by atoms with Gasteiger partial charge >= 0.3 is 0 Å². The first-order chi connectivity index (χ1) is 17.5. The quantitative estimate of drug-likeness (QED) is 0.531. The van der Waals surface area contributed by atoms with Crippen molar-refractivity contribution in [3.63, 3.8) is 0 Å². The van der Waals surface area contributed by atoms with Crippen LogP contribution in [0.25, 0.3) is 5.65 Å². The lowest BCUT2D eigenvalue weighted by Crippen LogP contribution is -2.63. The van der Waals surface area contributed by atoms with Crippen molar-refractivity contribution in [3.8, 4) is 12.1 Å². The molecule has 12 heteroatoms. The van der Waals surface area contributed by atoms with Crippen LogP contribution in [0.2, 0.25) is 0 Å². The number of piperazine rings is 1. The fourth-order valence-corrected chi connectivity index (χ4v) is 4.71. The van der Waals surface area contributed by atoms with Gasteiger partial charge in [0.25, 0.3) is 0 Å². The lowest BCUT2D eigenvalue weighted by atomic mass is 10.0. The van der Waals surface area contributed by atoms with Crippen LogP contribution in [0.15, 0.2) is 18.3 Å². The molecule has 2 saturated heterocycles. The second-order valence-electron chi connectivity index (χ2n) is 9.69. The average Bonchev–Trinajstić information content (AvgIpc) is 3.57. The highest BCUT2D eigenvalue weighted by Crippen LogP contribution is 2.34. The van der Waals surface area contributed by atoms with Gasteiger partial charge in [-0.05, 0) is 32.0 Å². The third-order valence-corrected chi connectivity index (χ3v) is 7.08. The van der Waals surface area contributed by atoms with E-state index in [9.17, 15) is 10.5 Å². The first-order valence-electron chi connectivity index (χ1n) is 12.1. The predicted molar refractivity (Wildman–Crippen MR) is 132 cm³/mol. The summed E-state index contributed by atoms with van der Waals surface area (Å²) in [6, 6.07) is 7.92. The number of hydrogen-bond donors (Lipinski definition) is 2. The van der Waals surface area contributed by atoms with Crippen molar-refractivity contribution in [1.82, 2.24) is 29.4 Å². The fourth-order valence-electron chi connectivity index (χ4n) is 4.71. The Balaban J connectivity index is 1.27. The van der Waals surface area contributed by atoms with Crippen molar-refractivity contribution in [2.45, 2.75) is 24.9 Å². The van der Waals surface area contributed by atoms with Crippen molar-refractivity contribution in [2.24, 2.45) is 0 Å². The number of halogens is 1. The van der Waals surface area contributed by atoms with E-state index in [1.165, 1.54) is 16.8 Å². The van der Waals surface area contributed by atoms with Crippen LogP contribution in [-0.2, 0) is 0 Å². The number of imidazole rings is 1. The normalized spacial score (nSPS) is 19.1. The van der Waals surface area contributed by atoms with Crippen molar-refractivity contribution < 1.29 is 4.39 Å². The molecule has 1 saturated carbocycles. The van der Waals surface area contributed by atoms with Gasteiger partial charge < -0.3 is 20.4 Å². The molecule has 184 valence electrons. The van der Waals surface area contributed by atoms with Crippen molar-refractivity contribution in [3.05, 3.63) is 35.4 Å². The minimum atomic E-state index is -0.461. The van der Waals surface area contributed by atoms with Crippen molar-refractivity contribution in [2.75, 3.05) is 61.8 Å². The molecule has 3 aliphatic rings. The molecule has 2 aromatic heterocycles. The Kier molecular flexibility index (Phi) is 5.55. The van der Waals surface area contributed by atoms with Crippen LogP contribution in [0.1, 0.15) is 24.1 Å². The number of aromatic nitrogens is 4. The lowest BCUT2D eigenvalue weighted by Gasteiger charge is -2.49. The highest BCUT2D eigenvalue weighted by Gasteiger charge is 2.35. The molecule has 3 aromatic rings. The molecule has 0 unspecified atom stereocenters. The lowest BCUT2D eigenvalue weighted by molar-refractivity contribution is 0.0961. The molecule has 1 aromatic carbocycles. The largest absolute Gasteiger partial charge is 0.366 e. The van der Waals surface area contributed by atoms with Gasteiger partial charge in [-0.25, -0.2) is 9.37 Å². The zero-order valence-electron chi connectivity index (χ0n) is 19.9. The second-order valence-corrected chi connectivity index (χ2v) is 9.69. The summed E-state index contributed by atoms with van der Waals surface area (Å²) in [5, 5.41) is 29.7. The molecule has 0 radical (unpaired) electrons. The van der Waals surface area contributed by atoms with Gasteiger partial charge in [-0.1, -0.05) is 0 Å². The highest BCUT2D eigenvalue weighted by molar-refractivity contribution is 5.70. The number of nitriles is 2. The maximum absolute atomic E-state index is 15.7. The molecule has 11 nitrogen and oxygen atoms in total. The summed E-state index contributed by atoms with van der Waals surface area (Å²) in [5.74, 6) is 0.128. The van der Waals surface area contributed by atoms with Crippen molar-refractivity contribution >= 4 is 28.8 Å². The van der Waals surface area contributed by atoms with Gasteiger partial charge in [0.15, 0.2) is 23.0 Å². The summed E-state index contributed by atoms with van der Waals surface area (Å²) < 4.78 is 17.1. The van der Waals surface area contributed by atoms with E-state index in [0.29, 0.717) is 47.9 Å². The van der Waals surface area contributed by atoms with E-state index in [1.807, 2.05) is 4.90 Å². The zero-order valence-corrected chi connectivity index (χ0v) is 19.9. The van der Waals surface area contributed by atoms with Gasteiger partial charge in [0.05, 0.1) is 29.2 Å². The van der Waals surface area contributed by atoms with Crippen LogP contribution in [0.4, 0.5) is 27.5 Å². The molecule has 4 heterocycles. The molecular weight excluding hydrogens is 461 g/mol. The molecule has 2 N–H and O–H groups in total. The number of rotatable bonds is 6. The second kappa shape index (κ2) is 8.90. The Morgan fingerprint density at radius 1 is 1.08 bits per heavy atom. The maximum Gasteiger partial charge on any atom is 0.247 e. The van der Waals surface area contributed by atoms with E-state index in [0.717, 1.165) is 39.0 Å². The minimum absolute atomic E-state index is 0.110. The number of anilines is 4. The Bertz CT molecular complexity index is 1390. The monoisotopic (exact) mass is 487 g/mol. The van der Waals surface area contributed by atoms with Gasteiger partial charge in [-0.2, -0.15) is 20.0 Å². The molecule has 36 heavy (non-hydrogen) atoms. The highest BCUT2D eigenvalue weighted by atomic mass is 19.1. The van der Waals surface area contributed by atoms with Gasteiger partial charge in [0.1, 0.15) is 6.07 Å². The first kappa shape index (κ1) is 22.5. The number of hydrogen-bond acceptors (Lipinski definition) is 10. The number of likely N-dealkylation sites (N-methyl/N-ethyl adjacent to an activating group) is 1. The van der Waals surface area contributed by atoms with E-state index in [1.54, 1.807) is 6.07 Å². The smallest absolute Gasteiger partial charge is 0.247 e. The third kappa shape index (κ3) is 4.15. The molecule has 6 rings (SSSR count). The standard InChI is InChI=1S/C24H26FN11/c1-33-4-6-34(7-5-33)18-13-35(14-18)20-9-15(10-26)8-19(21(20)25)30-24-31-22(29-16-2-3-16)23-28-12-17(11-27)36(23)32-24/h8-9,12,16,18H,2-7,13-14H2,1H3,(H2,29,30,31,32). The van der Waals surface area contributed by atoms with E-state index in [-0.39, 0.29) is 17.3 Å². The van der Waals surface area contributed by atoms with Crippen LogP contribution in [-0.4, -0.2) is 87.8 Å². The van der Waals surface area contributed by atoms with Crippen LogP contribution in [0.3, 0.4) is 0 Å². The van der Waals surface area contributed by atoms with E-state index >= 15 is 4.39 Å². The van der Waals surface area contributed by atoms with Crippen LogP contribution in [0.5, 0.6) is 0 Å². The molecule has 0 atom stereocenters. The first-order valence-corrected chi connectivity index (χ1v) is 12.1. The molecule has 3 fully saturated rings. The number of nitrogens with zero attached hydrogens (tertiary/aromatic N) is 9. The topological polar surface area (TPSA) is 124 Å². The number of nitrogens with one attached hydrogen (secondary N) is 2. The van der Waals surface area contributed by atoms with Gasteiger partial charge in [0.2, 0.25) is 5.95 Å².